The first-order valence-electron chi connectivity index (χ1n) is 6.59. The van der Waals surface area contributed by atoms with E-state index in [0.29, 0.717) is 18.4 Å². The first kappa shape index (κ1) is 13.0. The predicted molar refractivity (Wildman–Crippen MR) is 65.0 cm³/mol. The Morgan fingerprint density at radius 3 is 2.83 bits per heavy atom. The van der Waals surface area contributed by atoms with Crippen LogP contribution < -0.4 is 0 Å². The van der Waals surface area contributed by atoms with Crippen LogP contribution in [0.3, 0.4) is 0 Å². The third-order valence-corrected chi connectivity index (χ3v) is 3.77. The van der Waals surface area contributed by atoms with E-state index >= 15 is 0 Å². The molecule has 0 spiro atoms. The topological polar surface area (TPSA) is 80.9 Å². The summed E-state index contributed by atoms with van der Waals surface area (Å²) in [4.78, 5) is 10.8. The summed E-state index contributed by atoms with van der Waals surface area (Å²) in [7, 11) is 0. The van der Waals surface area contributed by atoms with Crippen molar-refractivity contribution in [3.63, 3.8) is 0 Å². The highest BCUT2D eigenvalue weighted by atomic mass is 16.4. The highest BCUT2D eigenvalue weighted by molar-refractivity contribution is 5.66. The lowest BCUT2D eigenvalue weighted by atomic mass is 10.0. The van der Waals surface area contributed by atoms with Gasteiger partial charge in [0, 0.05) is 18.9 Å². The van der Waals surface area contributed by atoms with E-state index in [4.69, 9.17) is 5.11 Å². The SMILES string of the molecule is CCC(CC(=O)O)Cn1nnnc1C(C)C1CC1. The van der Waals surface area contributed by atoms with Crippen molar-refractivity contribution in [1.82, 2.24) is 20.2 Å². The maximum Gasteiger partial charge on any atom is 0.303 e. The predicted octanol–water partition coefficient (Wildman–Crippen LogP) is 1.69. The molecule has 0 radical (unpaired) electrons. The molecule has 1 aromatic heterocycles. The number of aromatic nitrogens is 4. The molecule has 2 unspecified atom stereocenters. The molecule has 1 fully saturated rings. The van der Waals surface area contributed by atoms with Crippen molar-refractivity contribution in [2.45, 2.75) is 52.0 Å². The second-order valence-corrected chi connectivity index (χ2v) is 5.22. The van der Waals surface area contributed by atoms with Gasteiger partial charge in [0.2, 0.25) is 0 Å². The van der Waals surface area contributed by atoms with Gasteiger partial charge < -0.3 is 5.11 Å². The van der Waals surface area contributed by atoms with Gasteiger partial charge in [-0.3, -0.25) is 4.79 Å². The molecule has 2 atom stereocenters. The minimum absolute atomic E-state index is 0.0937. The normalized spacial score (nSPS) is 18.6. The van der Waals surface area contributed by atoms with Crippen molar-refractivity contribution in [3.05, 3.63) is 5.82 Å². The summed E-state index contributed by atoms with van der Waals surface area (Å²) >= 11 is 0. The third kappa shape index (κ3) is 3.05. The number of carbonyl (C=O) groups is 1. The second-order valence-electron chi connectivity index (χ2n) is 5.22. The Labute approximate surface area is 106 Å². The molecule has 0 bridgehead atoms. The van der Waals surface area contributed by atoms with E-state index in [2.05, 4.69) is 22.4 Å². The van der Waals surface area contributed by atoms with Crippen LogP contribution in [-0.2, 0) is 11.3 Å². The van der Waals surface area contributed by atoms with E-state index in [-0.39, 0.29) is 12.3 Å². The molecular formula is C12H20N4O2. The number of rotatable bonds is 7. The standard InChI is InChI=1S/C12H20N4O2/c1-3-9(6-11(17)18)7-16-12(13-14-15-16)8(2)10-4-5-10/h8-10H,3-7H2,1-2H3,(H,17,18). The lowest BCUT2D eigenvalue weighted by Gasteiger charge is -2.15. The van der Waals surface area contributed by atoms with Crippen molar-refractivity contribution in [3.8, 4) is 0 Å². The Bertz CT molecular complexity index is 414. The number of carboxylic acid groups (broad SMARTS) is 1. The summed E-state index contributed by atoms with van der Waals surface area (Å²) in [5.74, 6) is 1.32. The van der Waals surface area contributed by atoms with Crippen molar-refractivity contribution in [2.75, 3.05) is 0 Å². The van der Waals surface area contributed by atoms with E-state index in [0.717, 1.165) is 12.2 Å². The fourth-order valence-electron chi connectivity index (χ4n) is 2.30. The summed E-state index contributed by atoms with van der Waals surface area (Å²) in [6.07, 6.45) is 3.50. The van der Waals surface area contributed by atoms with Gasteiger partial charge in [-0.2, -0.15) is 0 Å². The number of aliphatic carboxylic acids is 1. The number of tetrazole rings is 1. The highest BCUT2D eigenvalue weighted by Crippen LogP contribution is 2.41. The van der Waals surface area contributed by atoms with Gasteiger partial charge in [-0.25, -0.2) is 4.68 Å². The van der Waals surface area contributed by atoms with Crippen LogP contribution in [0.2, 0.25) is 0 Å². The number of carboxylic acids is 1. The Balaban J connectivity index is 2.03. The van der Waals surface area contributed by atoms with Crippen molar-refractivity contribution in [2.24, 2.45) is 11.8 Å². The lowest BCUT2D eigenvalue weighted by molar-refractivity contribution is -0.138. The van der Waals surface area contributed by atoms with Gasteiger partial charge in [0.05, 0.1) is 0 Å². The van der Waals surface area contributed by atoms with Crippen LogP contribution in [0.5, 0.6) is 0 Å². The van der Waals surface area contributed by atoms with Crippen LogP contribution in [0.1, 0.15) is 51.3 Å². The molecule has 6 heteroatoms. The quantitative estimate of drug-likeness (QED) is 0.798. The van der Waals surface area contributed by atoms with Gasteiger partial charge in [-0.15, -0.1) is 5.10 Å². The maximum atomic E-state index is 10.8. The van der Waals surface area contributed by atoms with Crippen molar-refractivity contribution >= 4 is 5.97 Å². The summed E-state index contributed by atoms with van der Waals surface area (Å²) in [6.45, 7) is 4.75. The van der Waals surface area contributed by atoms with Gasteiger partial charge in [0.25, 0.3) is 0 Å². The van der Waals surface area contributed by atoms with E-state index in [1.807, 2.05) is 6.92 Å². The van der Waals surface area contributed by atoms with Crippen LogP contribution in [0.25, 0.3) is 0 Å². The molecule has 0 aromatic carbocycles. The molecule has 1 saturated carbocycles. The van der Waals surface area contributed by atoms with Crippen LogP contribution in [0, 0.1) is 11.8 Å². The molecule has 2 rings (SSSR count). The molecule has 0 aliphatic heterocycles. The van der Waals surface area contributed by atoms with Gasteiger partial charge >= 0.3 is 5.97 Å². The zero-order valence-electron chi connectivity index (χ0n) is 10.9. The van der Waals surface area contributed by atoms with E-state index in [1.54, 1.807) is 4.68 Å². The zero-order chi connectivity index (χ0) is 13.1. The number of hydrogen-bond donors (Lipinski definition) is 1. The van der Waals surface area contributed by atoms with E-state index < -0.39 is 5.97 Å². The smallest absolute Gasteiger partial charge is 0.303 e. The molecule has 1 heterocycles. The second kappa shape index (κ2) is 5.46. The Hall–Kier alpha value is -1.46. The molecule has 1 aliphatic rings. The summed E-state index contributed by atoms with van der Waals surface area (Å²) in [5, 5.41) is 20.7. The van der Waals surface area contributed by atoms with Gasteiger partial charge in [-0.05, 0) is 35.1 Å². The fourth-order valence-corrected chi connectivity index (χ4v) is 2.30. The first-order valence-corrected chi connectivity index (χ1v) is 6.59. The van der Waals surface area contributed by atoms with Crippen LogP contribution >= 0.6 is 0 Å². The zero-order valence-corrected chi connectivity index (χ0v) is 10.9. The highest BCUT2D eigenvalue weighted by Gasteiger charge is 2.32. The van der Waals surface area contributed by atoms with Crippen molar-refractivity contribution < 1.29 is 9.90 Å². The summed E-state index contributed by atoms with van der Waals surface area (Å²) in [6, 6.07) is 0. The molecule has 6 nitrogen and oxygen atoms in total. The van der Waals surface area contributed by atoms with Gasteiger partial charge in [-0.1, -0.05) is 20.3 Å². The molecule has 18 heavy (non-hydrogen) atoms. The summed E-state index contributed by atoms with van der Waals surface area (Å²) < 4.78 is 1.79. The van der Waals surface area contributed by atoms with Crippen molar-refractivity contribution in [1.29, 1.82) is 0 Å². The monoisotopic (exact) mass is 252 g/mol. The van der Waals surface area contributed by atoms with Crippen LogP contribution in [-0.4, -0.2) is 31.3 Å². The molecule has 0 saturated heterocycles. The third-order valence-electron chi connectivity index (χ3n) is 3.77. The Morgan fingerprint density at radius 2 is 2.28 bits per heavy atom. The Morgan fingerprint density at radius 1 is 1.56 bits per heavy atom. The first-order chi connectivity index (χ1) is 8.61. The lowest BCUT2D eigenvalue weighted by Crippen LogP contribution is -2.18. The van der Waals surface area contributed by atoms with Gasteiger partial charge in [0.1, 0.15) is 0 Å². The molecule has 1 N–H and O–H groups in total. The Kier molecular flexibility index (Phi) is 3.93. The molecule has 100 valence electrons. The summed E-state index contributed by atoms with van der Waals surface area (Å²) in [5.41, 5.74) is 0. The molecule has 0 amide bonds. The molecular weight excluding hydrogens is 232 g/mol. The average Bonchev–Trinajstić information content (AvgIpc) is 3.07. The minimum atomic E-state index is -0.758. The average molecular weight is 252 g/mol. The molecule has 1 aromatic rings. The largest absolute Gasteiger partial charge is 0.481 e. The van der Waals surface area contributed by atoms with E-state index in [9.17, 15) is 4.79 Å². The van der Waals surface area contributed by atoms with Crippen LogP contribution in [0.4, 0.5) is 0 Å². The fraction of sp³-hybridized carbons (Fsp3) is 0.833. The number of nitrogens with zero attached hydrogens (tertiary/aromatic N) is 4. The minimum Gasteiger partial charge on any atom is -0.481 e. The van der Waals surface area contributed by atoms with Crippen LogP contribution in [0.15, 0.2) is 0 Å². The maximum absolute atomic E-state index is 10.8. The van der Waals surface area contributed by atoms with E-state index in [1.165, 1.54) is 12.8 Å². The number of hydrogen-bond acceptors (Lipinski definition) is 4. The van der Waals surface area contributed by atoms with Gasteiger partial charge in [0.15, 0.2) is 5.82 Å². The molecule has 1 aliphatic carbocycles.